The van der Waals surface area contributed by atoms with E-state index < -0.39 is 26.5 Å². The van der Waals surface area contributed by atoms with Crippen molar-refractivity contribution in [3.05, 3.63) is 60.8 Å². The Hall–Kier alpha value is -2.29. The van der Waals surface area contributed by atoms with Crippen LogP contribution in [0.4, 0.5) is 0 Å². The normalized spacial score (nSPS) is 14.2. The van der Waals surface area contributed by atoms with Crippen molar-refractivity contribution < 1.29 is 42.1 Å². The largest absolute Gasteiger partial charge is 0.472 e. The van der Waals surface area contributed by atoms with E-state index in [-0.39, 0.29) is 32.0 Å². The van der Waals surface area contributed by atoms with E-state index in [1.807, 2.05) is 75.8 Å². The molecule has 0 aromatic rings. The van der Waals surface area contributed by atoms with Gasteiger partial charge in [0.15, 0.2) is 6.10 Å². The number of likely N-dealkylation sites (N-methyl/N-ethyl adjacent to an activating group) is 1. The van der Waals surface area contributed by atoms with Crippen molar-refractivity contribution in [3.8, 4) is 0 Å². The van der Waals surface area contributed by atoms with Gasteiger partial charge in [0.05, 0.1) is 27.7 Å². The van der Waals surface area contributed by atoms with Crippen LogP contribution >= 0.6 is 7.82 Å². The topological polar surface area (TPSA) is 108 Å². The van der Waals surface area contributed by atoms with Gasteiger partial charge in [-0.15, -0.1) is 0 Å². The molecule has 0 bridgehead atoms. The smallest absolute Gasteiger partial charge is 0.462 e. The summed E-state index contributed by atoms with van der Waals surface area (Å²) in [7, 11) is 1.43. The Morgan fingerprint density at radius 3 is 1.50 bits per heavy atom. The molecule has 2 atom stereocenters. The van der Waals surface area contributed by atoms with Gasteiger partial charge in [0.1, 0.15) is 19.8 Å². The first-order valence-corrected chi connectivity index (χ1v) is 23.6. The molecular formula is C46H83NO8P+. The number of quaternary nitrogens is 1. The molecule has 0 amide bonds. The number of nitrogens with zero attached hydrogens (tertiary/aromatic N) is 1. The van der Waals surface area contributed by atoms with Crippen LogP contribution in [0.25, 0.3) is 0 Å². The Kier molecular flexibility index (Phi) is 36.7. The minimum atomic E-state index is -4.39. The van der Waals surface area contributed by atoms with Gasteiger partial charge in [-0.1, -0.05) is 190 Å². The highest BCUT2D eigenvalue weighted by Gasteiger charge is 2.27. The predicted molar refractivity (Wildman–Crippen MR) is 233 cm³/mol. The Morgan fingerprint density at radius 2 is 1.02 bits per heavy atom. The van der Waals surface area contributed by atoms with Crippen LogP contribution in [0.15, 0.2) is 60.8 Å². The van der Waals surface area contributed by atoms with E-state index in [1.54, 1.807) is 0 Å². The quantitative estimate of drug-likeness (QED) is 0.0215. The molecule has 0 saturated carbocycles. The van der Waals surface area contributed by atoms with Crippen LogP contribution in [0.3, 0.4) is 0 Å². The van der Waals surface area contributed by atoms with E-state index in [4.69, 9.17) is 18.5 Å². The first kappa shape index (κ1) is 53.7. The molecule has 9 nitrogen and oxygen atoms in total. The Balaban J connectivity index is 4.38. The number of hydrogen-bond acceptors (Lipinski definition) is 7. The van der Waals surface area contributed by atoms with Gasteiger partial charge in [-0.2, -0.15) is 0 Å². The van der Waals surface area contributed by atoms with Gasteiger partial charge in [0, 0.05) is 12.8 Å². The van der Waals surface area contributed by atoms with Crippen LogP contribution in [-0.2, 0) is 32.7 Å². The molecule has 1 N–H and O–H groups in total. The summed E-state index contributed by atoms with van der Waals surface area (Å²) in [6.45, 7) is 4.19. The summed E-state index contributed by atoms with van der Waals surface area (Å²) in [6.07, 6.45) is 45.8. The number of carbonyl (C=O) groups is 2. The molecule has 0 rings (SSSR count). The molecule has 324 valence electrons. The lowest BCUT2D eigenvalue weighted by atomic mass is 10.0. The number of phosphoric acid groups is 1. The van der Waals surface area contributed by atoms with E-state index in [9.17, 15) is 19.0 Å². The second-order valence-electron chi connectivity index (χ2n) is 15.8. The maximum Gasteiger partial charge on any atom is 0.472 e. The van der Waals surface area contributed by atoms with E-state index in [2.05, 4.69) is 19.9 Å². The fourth-order valence-electron chi connectivity index (χ4n) is 5.75. The van der Waals surface area contributed by atoms with Crippen molar-refractivity contribution in [2.75, 3.05) is 47.5 Å². The summed E-state index contributed by atoms with van der Waals surface area (Å²) < 4.78 is 34.2. The van der Waals surface area contributed by atoms with Crippen LogP contribution < -0.4 is 0 Å². The lowest BCUT2D eigenvalue weighted by Gasteiger charge is -2.24. The third kappa shape index (κ3) is 41.3. The van der Waals surface area contributed by atoms with Crippen molar-refractivity contribution >= 4 is 19.8 Å². The molecule has 0 aromatic heterocycles. The maximum atomic E-state index is 12.6. The number of esters is 2. The highest BCUT2D eigenvalue weighted by molar-refractivity contribution is 7.47. The van der Waals surface area contributed by atoms with Crippen molar-refractivity contribution in [2.24, 2.45) is 0 Å². The van der Waals surface area contributed by atoms with Crippen LogP contribution in [0, 0.1) is 0 Å². The lowest BCUT2D eigenvalue weighted by Crippen LogP contribution is -2.37. The van der Waals surface area contributed by atoms with Crippen molar-refractivity contribution in [1.82, 2.24) is 0 Å². The van der Waals surface area contributed by atoms with Crippen molar-refractivity contribution in [3.63, 3.8) is 0 Å². The van der Waals surface area contributed by atoms with Crippen LogP contribution in [0.1, 0.15) is 168 Å². The van der Waals surface area contributed by atoms with Gasteiger partial charge in [0.2, 0.25) is 0 Å². The molecule has 0 heterocycles. The summed E-state index contributed by atoms with van der Waals surface area (Å²) in [5.74, 6) is -0.884. The number of rotatable bonds is 39. The molecule has 0 saturated heterocycles. The number of carbonyl (C=O) groups excluding carboxylic acids is 2. The Labute approximate surface area is 343 Å². The summed E-state index contributed by atoms with van der Waals surface area (Å²) in [4.78, 5) is 35.3. The molecule has 2 unspecified atom stereocenters. The molecule has 0 spiro atoms. The second-order valence-corrected chi connectivity index (χ2v) is 17.3. The number of ether oxygens (including phenoxy) is 2. The number of phosphoric ester groups is 1. The SMILES string of the molecule is CC/C=C/C=C/C=C/C=C/C=C/CCCC(=O)OC(COC(=O)CCCCCCCCCCCCCCCCCCCCC)COP(=O)(O)OCC[N+](C)(C)C. The predicted octanol–water partition coefficient (Wildman–Crippen LogP) is 12.5. The summed E-state index contributed by atoms with van der Waals surface area (Å²) in [6, 6.07) is 0. The van der Waals surface area contributed by atoms with Crippen LogP contribution in [0.2, 0.25) is 0 Å². The molecule has 56 heavy (non-hydrogen) atoms. The third-order valence-electron chi connectivity index (χ3n) is 9.19. The first-order valence-electron chi connectivity index (χ1n) is 22.1. The second kappa shape index (κ2) is 38.2. The molecule has 0 aliphatic rings. The highest BCUT2D eigenvalue weighted by atomic mass is 31.2. The highest BCUT2D eigenvalue weighted by Crippen LogP contribution is 2.43. The molecule has 0 fully saturated rings. The summed E-state index contributed by atoms with van der Waals surface area (Å²) in [5.41, 5.74) is 0. The van der Waals surface area contributed by atoms with Crippen molar-refractivity contribution in [1.29, 1.82) is 0 Å². The van der Waals surface area contributed by atoms with Gasteiger partial charge >= 0.3 is 19.8 Å². The molecule has 0 aliphatic heterocycles. The molecule has 0 aromatic carbocycles. The average molecular weight is 809 g/mol. The van der Waals surface area contributed by atoms with E-state index in [0.717, 1.165) is 25.7 Å². The zero-order valence-corrected chi connectivity index (χ0v) is 37.2. The Morgan fingerprint density at radius 1 is 0.571 bits per heavy atom. The maximum absolute atomic E-state index is 12.6. The van der Waals surface area contributed by atoms with Gasteiger partial charge in [0.25, 0.3) is 0 Å². The molecule has 10 heteroatoms. The van der Waals surface area contributed by atoms with Gasteiger partial charge in [-0.3, -0.25) is 18.6 Å². The lowest BCUT2D eigenvalue weighted by molar-refractivity contribution is -0.870. The molecule has 0 radical (unpaired) electrons. The molecule has 0 aliphatic carbocycles. The fraction of sp³-hybridized carbons (Fsp3) is 0.739. The monoisotopic (exact) mass is 809 g/mol. The van der Waals surface area contributed by atoms with Crippen LogP contribution in [0.5, 0.6) is 0 Å². The van der Waals surface area contributed by atoms with Crippen LogP contribution in [-0.4, -0.2) is 74.9 Å². The van der Waals surface area contributed by atoms with Crippen molar-refractivity contribution in [2.45, 2.75) is 174 Å². The summed E-state index contributed by atoms with van der Waals surface area (Å²) in [5, 5.41) is 0. The van der Waals surface area contributed by atoms with Gasteiger partial charge < -0.3 is 18.9 Å². The zero-order valence-electron chi connectivity index (χ0n) is 36.3. The number of unbranched alkanes of at least 4 members (excludes halogenated alkanes) is 19. The first-order chi connectivity index (χ1) is 27.0. The molecular weight excluding hydrogens is 725 g/mol. The summed E-state index contributed by atoms with van der Waals surface area (Å²) >= 11 is 0. The Bertz CT molecular complexity index is 1140. The van der Waals surface area contributed by atoms with Gasteiger partial charge in [-0.25, -0.2) is 4.57 Å². The third-order valence-corrected chi connectivity index (χ3v) is 10.2. The minimum Gasteiger partial charge on any atom is -0.462 e. The van der Waals surface area contributed by atoms with Gasteiger partial charge in [-0.05, 0) is 25.7 Å². The van der Waals surface area contributed by atoms with E-state index in [1.165, 1.54) is 103 Å². The zero-order chi connectivity index (χ0) is 41.4. The average Bonchev–Trinajstić information content (AvgIpc) is 3.15. The van der Waals surface area contributed by atoms with E-state index in [0.29, 0.717) is 23.9 Å². The number of hydrogen-bond donors (Lipinski definition) is 1. The standard InChI is InChI=1S/C46H82NO8P/c1-6-8-10-12-14-16-18-20-21-22-23-24-25-27-28-30-32-34-36-38-45(48)52-42-44(43-54-56(50,51)53-41-40-47(3,4)5)55-46(49)39-37-35-33-31-29-26-19-17-15-13-11-9-7-2/h9,11,13,15,17,19,26,29,31,33,44H,6-8,10,12,14,16,18,20-25,27-28,30,32,34-43H2,1-5H3/p+1/b11-9+,15-13+,19-17+,29-26+,33-31+. The number of allylic oxidation sites excluding steroid dienone is 10. The fourth-order valence-corrected chi connectivity index (χ4v) is 6.49. The minimum absolute atomic E-state index is 0.0167. The van der Waals surface area contributed by atoms with E-state index >= 15 is 0 Å².